The van der Waals surface area contributed by atoms with E-state index in [1.807, 2.05) is 32.1 Å². The normalized spacial score (nSPS) is 20.7. The highest BCUT2D eigenvalue weighted by atomic mass is 16.7. The monoisotopic (exact) mass is 438 g/mol. The molecular formula is C26H30O6. The van der Waals surface area contributed by atoms with Crippen LogP contribution in [0.3, 0.4) is 0 Å². The van der Waals surface area contributed by atoms with Crippen molar-refractivity contribution in [1.29, 1.82) is 0 Å². The van der Waals surface area contributed by atoms with Crippen LogP contribution in [0.1, 0.15) is 47.5 Å². The summed E-state index contributed by atoms with van der Waals surface area (Å²) >= 11 is 0. The molecule has 170 valence electrons. The molecule has 2 aromatic heterocycles. The molecule has 0 amide bonds. The summed E-state index contributed by atoms with van der Waals surface area (Å²) in [4.78, 5) is 12.1. The van der Waals surface area contributed by atoms with Gasteiger partial charge in [-0.1, -0.05) is 17.2 Å². The van der Waals surface area contributed by atoms with Crippen LogP contribution >= 0.6 is 0 Å². The molecular weight excluding hydrogens is 408 g/mol. The van der Waals surface area contributed by atoms with Gasteiger partial charge in [-0.2, -0.15) is 0 Å². The molecule has 3 aromatic rings. The molecule has 4 rings (SSSR count). The van der Waals surface area contributed by atoms with Gasteiger partial charge in [-0.25, -0.2) is 4.79 Å². The fourth-order valence-electron chi connectivity index (χ4n) is 3.82. The van der Waals surface area contributed by atoms with E-state index in [1.165, 1.54) is 17.2 Å². The summed E-state index contributed by atoms with van der Waals surface area (Å²) in [6.45, 7) is 10.5. The second-order valence-electron chi connectivity index (χ2n) is 9.10. The maximum Gasteiger partial charge on any atom is 0.339 e. The largest absolute Gasteiger partial charge is 0.490 e. The Morgan fingerprint density at radius 3 is 2.75 bits per heavy atom. The molecule has 0 saturated carbocycles. The van der Waals surface area contributed by atoms with E-state index in [1.54, 1.807) is 12.3 Å². The highest BCUT2D eigenvalue weighted by Crippen LogP contribution is 2.33. The van der Waals surface area contributed by atoms with Crippen molar-refractivity contribution in [3.8, 4) is 5.75 Å². The molecule has 3 heterocycles. The third kappa shape index (κ3) is 4.97. The van der Waals surface area contributed by atoms with Crippen LogP contribution in [0.25, 0.3) is 21.9 Å². The van der Waals surface area contributed by atoms with Crippen molar-refractivity contribution in [2.75, 3.05) is 6.61 Å². The molecule has 2 atom stereocenters. The lowest BCUT2D eigenvalue weighted by Gasteiger charge is -2.23. The quantitative estimate of drug-likeness (QED) is 0.326. The number of benzene rings is 1. The molecule has 0 radical (unpaired) electrons. The molecule has 0 aliphatic carbocycles. The molecule has 0 spiro atoms. The molecule has 1 aliphatic rings. The molecule has 0 unspecified atom stereocenters. The summed E-state index contributed by atoms with van der Waals surface area (Å²) in [5.74, 6) is 0.454. The van der Waals surface area contributed by atoms with E-state index in [-0.39, 0.29) is 12.7 Å². The van der Waals surface area contributed by atoms with Crippen LogP contribution in [0.5, 0.6) is 5.75 Å². The number of hydrogen-bond acceptors (Lipinski definition) is 6. The first kappa shape index (κ1) is 22.4. The molecule has 1 fully saturated rings. The predicted octanol–water partition coefficient (Wildman–Crippen LogP) is 6.13. The fraction of sp³-hybridized carbons (Fsp3) is 0.423. The molecule has 1 saturated heterocycles. The standard InChI is InChI=1S/C26H30O6/c1-16(2)7-6-8-17(3)11-25-31-23(26(4,5)32-25)15-29-21-14-24(27)30-22-13-20-18(9-10-28-20)12-19(21)22/h7,9-14,23,25H,6,8,15H2,1-5H3/b17-11+/t23-,25-/m0/s1. The third-order valence-corrected chi connectivity index (χ3v) is 5.68. The van der Waals surface area contributed by atoms with Crippen molar-refractivity contribution in [2.45, 2.75) is 65.5 Å². The van der Waals surface area contributed by atoms with E-state index in [0.29, 0.717) is 22.3 Å². The SMILES string of the molecule is CC(C)=CCC/C(C)=C/[C@H]1O[C@@H](COc2cc(=O)oc3cc4occc4cc23)C(C)(C)O1. The maximum absolute atomic E-state index is 12.1. The van der Waals surface area contributed by atoms with Gasteiger partial charge in [0.1, 0.15) is 29.6 Å². The Morgan fingerprint density at radius 2 is 1.97 bits per heavy atom. The zero-order valence-corrected chi connectivity index (χ0v) is 19.3. The summed E-state index contributed by atoms with van der Waals surface area (Å²) in [5.41, 5.74) is 2.61. The average molecular weight is 439 g/mol. The first-order chi connectivity index (χ1) is 15.2. The van der Waals surface area contributed by atoms with Gasteiger partial charge in [-0.05, 0) is 65.7 Å². The smallest absolute Gasteiger partial charge is 0.339 e. The van der Waals surface area contributed by atoms with Gasteiger partial charge in [-0.3, -0.25) is 0 Å². The lowest BCUT2D eigenvalue weighted by atomic mass is 10.0. The lowest BCUT2D eigenvalue weighted by Crippen LogP contribution is -2.37. The third-order valence-electron chi connectivity index (χ3n) is 5.68. The number of hydrogen-bond donors (Lipinski definition) is 0. The predicted molar refractivity (Wildman–Crippen MR) is 124 cm³/mol. The van der Waals surface area contributed by atoms with Gasteiger partial charge in [0, 0.05) is 11.5 Å². The zero-order valence-electron chi connectivity index (χ0n) is 19.3. The van der Waals surface area contributed by atoms with E-state index < -0.39 is 17.5 Å². The Balaban J connectivity index is 1.48. The highest BCUT2D eigenvalue weighted by Gasteiger charge is 2.42. The van der Waals surface area contributed by atoms with Crippen molar-refractivity contribution in [1.82, 2.24) is 0 Å². The molecule has 32 heavy (non-hydrogen) atoms. The van der Waals surface area contributed by atoms with Gasteiger partial charge in [0.15, 0.2) is 6.29 Å². The zero-order chi connectivity index (χ0) is 22.9. The van der Waals surface area contributed by atoms with Crippen LogP contribution < -0.4 is 10.4 Å². The topological polar surface area (TPSA) is 71.0 Å². The van der Waals surface area contributed by atoms with Gasteiger partial charge < -0.3 is 23.0 Å². The molecule has 6 nitrogen and oxygen atoms in total. The van der Waals surface area contributed by atoms with Crippen molar-refractivity contribution >= 4 is 21.9 Å². The van der Waals surface area contributed by atoms with Gasteiger partial charge in [-0.15, -0.1) is 0 Å². The minimum atomic E-state index is -0.533. The van der Waals surface area contributed by atoms with Crippen LogP contribution in [0, 0.1) is 0 Å². The summed E-state index contributed by atoms with van der Waals surface area (Å²) in [6, 6.07) is 6.82. The second-order valence-corrected chi connectivity index (χ2v) is 9.10. The van der Waals surface area contributed by atoms with E-state index in [9.17, 15) is 4.79 Å². The Hall–Kier alpha value is -2.83. The Labute approximate surface area is 187 Å². The van der Waals surface area contributed by atoms with Gasteiger partial charge in [0.05, 0.1) is 23.3 Å². The summed E-state index contributed by atoms with van der Waals surface area (Å²) in [5, 5.41) is 1.62. The van der Waals surface area contributed by atoms with Gasteiger partial charge in [0.2, 0.25) is 0 Å². The minimum absolute atomic E-state index is 0.246. The number of rotatable bonds is 7. The van der Waals surface area contributed by atoms with E-state index >= 15 is 0 Å². The van der Waals surface area contributed by atoms with Crippen LogP contribution in [-0.4, -0.2) is 24.6 Å². The Bertz CT molecular complexity index is 1220. The molecule has 1 aliphatic heterocycles. The minimum Gasteiger partial charge on any atom is -0.490 e. The van der Waals surface area contributed by atoms with E-state index in [2.05, 4.69) is 26.8 Å². The van der Waals surface area contributed by atoms with E-state index in [0.717, 1.165) is 18.2 Å². The van der Waals surface area contributed by atoms with Crippen LogP contribution in [-0.2, 0) is 9.47 Å². The van der Waals surface area contributed by atoms with Crippen LogP contribution in [0.2, 0.25) is 0 Å². The number of fused-ring (bicyclic) bond motifs is 2. The maximum atomic E-state index is 12.1. The number of furan rings is 1. The van der Waals surface area contributed by atoms with Crippen LogP contribution in [0.4, 0.5) is 0 Å². The van der Waals surface area contributed by atoms with Gasteiger partial charge >= 0.3 is 5.63 Å². The molecule has 0 bridgehead atoms. The fourth-order valence-corrected chi connectivity index (χ4v) is 3.82. The van der Waals surface area contributed by atoms with Crippen molar-refractivity contribution < 1.29 is 23.0 Å². The Morgan fingerprint density at radius 1 is 1.16 bits per heavy atom. The van der Waals surface area contributed by atoms with E-state index in [4.69, 9.17) is 23.0 Å². The lowest BCUT2D eigenvalue weighted by molar-refractivity contribution is -0.0472. The number of allylic oxidation sites excluding steroid dienone is 3. The number of ether oxygens (including phenoxy) is 3. The molecule has 6 heteroatoms. The van der Waals surface area contributed by atoms with Crippen molar-refractivity contribution in [3.63, 3.8) is 0 Å². The molecule has 0 N–H and O–H groups in total. The first-order valence-corrected chi connectivity index (χ1v) is 10.9. The summed E-state index contributed by atoms with van der Waals surface area (Å²) in [7, 11) is 0. The van der Waals surface area contributed by atoms with Gasteiger partial charge in [0.25, 0.3) is 0 Å². The molecule has 1 aromatic carbocycles. The second kappa shape index (κ2) is 8.96. The Kier molecular flexibility index (Phi) is 6.26. The summed E-state index contributed by atoms with van der Waals surface area (Å²) in [6.07, 6.45) is 7.10. The van der Waals surface area contributed by atoms with Crippen molar-refractivity contribution in [2.24, 2.45) is 0 Å². The van der Waals surface area contributed by atoms with Crippen molar-refractivity contribution in [3.05, 3.63) is 64.2 Å². The average Bonchev–Trinajstić information content (AvgIpc) is 3.26. The summed E-state index contributed by atoms with van der Waals surface area (Å²) < 4.78 is 29.1. The first-order valence-electron chi connectivity index (χ1n) is 10.9. The highest BCUT2D eigenvalue weighted by molar-refractivity contribution is 5.95. The van der Waals surface area contributed by atoms with Crippen LogP contribution in [0.15, 0.2) is 67.5 Å².